The van der Waals surface area contributed by atoms with Gasteiger partial charge in [0.15, 0.2) is 0 Å². The highest BCUT2D eigenvalue weighted by Crippen LogP contribution is 2.28. The summed E-state index contributed by atoms with van der Waals surface area (Å²) in [7, 11) is -4.90. The number of nitrogens with zero attached hydrogens (tertiary/aromatic N) is 2. The number of hydrogen-bond donors (Lipinski definition) is 2. The van der Waals surface area contributed by atoms with Gasteiger partial charge in [0.05, 0.1) is 10.6 Å². The van der Waals surface area contributed by atoms with Gasteiger partial charge in [-0.1, -0.05) is 26.8 Å². The molecular formula is C18H18FN3O5S. The monoisotopic (exact) mass is 406 g/mol. The topological polar surface area (TPSA) is 114 Å². The van der Waals surface area contributed by atoms with Gasteiger partial charge < -0.3 is 5.11 Å². The molecule has 10 heteroatoms. The van der Waals surface area contributed by atoms with Gasteiger partial charge in [-0.2, -0.15) is 13.1 Å². The second-order valence-corrected chi connectivity index (χ2v) is 8.60. The largest absolute Gasteiger partial charge is 0.506 e. The normalized spacial score (nSPS) is 12.3. The Balaban J connectivity index is 2.17. The molecule has 0 fully saturated rings. The molecule has 0 unspecified atom stereocenters. The van der Waals surface area contributed by atoms with E-state index >= 15 is 0 Å². The Morgan fingerprint density at radius 2 is 1.64 bits per heavy atom. The molecule has 148 valence electrons. The van der Waals surface area contributed by atoms with E-state index in [-0.39, 0.29) is 22.5 Å². The van der Waals surface area contributed by atoms with Gasteiger partial charge in [0, 0.05) is 0 Å². The third kappa shape index (κ3) is 3.50. The molecule has 1 aromatic heterocycles. The standard InChI is InChI=1S/C18H18FN3O5S/c1-18(2,3)11-4-9-15(23)14(10-11)22-17(25)21(16(24)20-22)12-5-7-13(8-6-12)28(19,26)27/h4-10,23H,1-3H3,(H,20,24)/i19-1. The molecule has 0 radical (unpaired) electrons. The highest BCUT2D eigenvalue weighted by molar-refractivity contribution is 7.86. The highest BCUT2D eigenvalue weighted by atomic mass is 32.2. The van der Waals surface area contributed by atoms with Gasteiger partial charge in [0.1, 0.15) is 11.4 Å². The molecule has 0 bridgehead atoms. The minimum absolute atomic E-state index is 0.0452. The zero-order valence-corrected chi connectivity index (χ0v) is 16.1. The number of benzene rings is 2. The second kappa shape index (κ2) is 6.48. The van der Waals surface area contributed by atoms with Gasteiger partial charge in [-0.15, -0.1) is 3.89 Å². The van der Waals surface area contributed by atoms with Crippen LogP contribution in [0.5, 0.6) is 5.75 Å². The predicted octanol–water partition coefficient (Wildman–Crippen LogP) is 1.98. The number of aromatic nitrogens is 3. The van der Waals surface area contributed by atoms with Crippen LogP contribution in [0, 0.1) is 0 Å². The van der Waals surface area contributed by atoms with Crippen LogP contribution in [0.15, 0.2) is 56.9 Å². The molecule has 0 saturated carbocycles. The van der Waals surface area contributed by atoms with Gasteiger partial charge >= 0.3 is 21.6 Å². The van der Waals surface area contributed by atoms with Crippen molar-refractivity contribution in [3.8, 4) is 17.1 Å². The summed E-state index contributed by atoms with van der Waals surface area (Å²) in [6, 6.07) is 8.92. The lowest BCUT2D eigenvalue weighted by atomic mass is 9.87. The number of phenolic OH excluding ortho intramolecular Hbond substituents is 1. The number of hydrogen-bond acceptors (Lipinski definition) is 5. The maximum absolute atomic E-state index is 13.0. The molecule has 2 N–H and O–H groups in total. The molecule has 0 amide bonds. The van der Waals surface area contributed by atoms with E-state index in [9.17, 15) is 27.0 Å². The van der Waals surface area contributed by atoms with Crippen LogP contribution in [-0.4, -0.2) is 27.9 Å². The Morgan fingerprint density at radius 3 is 2.18 bits per heavy atom. The summed E-state index contributed by atoms with van der Waals surface area (Å²) < 4.78 is 36.5. The Labute approximate surface area is 159 Å². The summed E-state index contributed by atoms with van der Waals surface area (Å²) in [6.07, 6.45) is 0. The number of H-pyrrole nitrogens is 1. The SMILES string of the molecule is CC(C)(C)c1ccc(O)c(-n2[nH]c(=O)n(-c3ccc(S(=O)(=O)[18F])cc3)c2=O)c1. The van der Waals surface area contributed by atoms with Crippen LogP contribution in [0.25, 0.3) is 11.4 Å². The molecule has 0 atom stereocenters. The van der Waals surface area contributed by atoms with Crippen molar-refractivity contribution >= 4 is 10.2 Å². The van der Waals surface area contributed by atoms with Crippen molar-refractivity contribution in [2.24, 2.45) is 0 Å². The van der Waals surface area contributed by atoms with Crippen LogP contribution in [0.4, 0.5) is 3.89 Å². The first kappa shape index (κ1) is 19.6. The predicted molar refractivity (Wildman–Crippen MR) is 101 cm³/mol. The van der Waals surface area contributed by atoms with E-state index in [0.717, 1.165) is 39.1 Å². The third-order valence-corrected chi connectivity index (χ3v) is 5.09. The number of aromatic hydroxyl groups is 1. The maximum Gasteiger partial charge on any atom is 0.356 e. The highest BCUT2D eigenvalue weighted by Gasteiger charge is 2.20. The Morgan fingerprint density at radius 1 is 1.04 bits per heavy atom. The van der Waals surface area contributed by atoms with E-state index in [4.69, 9.17) is 0 Å². The fourth-order valence-corrected chi connectivity index (χ4v) is 3.16. The lowest BCUT2D eigenvalue weighted by molar-refractivity contribution is 0.468. The van der Waals surface area contributed by atoms with Gasteiger partial charge in [-0.05, 0) is 47.4 Å². The summed E-state index contributed by atoms with van der Waals surface area (Å²) in [4.78, 5) is 24.5. The fourth-order valence-electron chi connectivity index (χ4n) is 2.70. The molecule has 2 aromatic carbocycles. The minimum Gasteiger partial charge on any atom is -0.506 e. The van der Waals surface area contributed by atoms with E-state index < -0.39 is 26.5 Å². The smallest absolute Gasteiger partial charge is 0.356 e. The van der Waals surface area contributed by atoms with Gasteiger partial charge in [-0.25, -0.2) is 19.3 Å². The summed E-state index contributed by atoms with van der Waals surface area (Å²) >= 11 is 0. The van der Waals surface area contributed by atoms with Crippen molar-refractivity contribution in [3.63, 3.8) is 0 Å². The van der Waals surface area contributed by atoms with Crippen LogP contribution in [0.3, 0.4) is 0 Å². The van der Waals surface area contributed by atoms with Crippen molar-refractivity contribution in [1.29, 1.82) is 0 Å². The van der Waals surface area contributed by atoms with Crippen molar-refractivity contribution in [2.45, 2.75) is 31.1 Å². The molecule has 0 aliphatic carbocycles. The van der Waals surface area contributed by atoms with Crippen molar-refractivity contribution in [3.05, 3.63) is 69.0 Å². The molecule has 3 aromatic rings. The zero-order valence-electron chi connectivity index (χ0n) is 15.3. The first-order valence-electron chi connectivity index (χ1n) is 8.22. The van der Waals surface area contributed by atoms with Crippen LogP contribution >= 0.6 is 0 Å². The average molecular weight is 406 g/mol. The number of nitrogens with one attached hydrogen (secondary N) is 1. The summed E-state index contributed by atoms with van der Waals surface area (Å²) in [5.74, 6) is -0.206. The van der Waals surface area contributed by atoms with Crippen molar-refractivity contribution in [1.82, 2.24) is 14.3 Å². The molecule has 28 heavy (non-hydrogen) atoms. The molecule has 0 spiro atoms. The van der Waals surface area contributed by atoms with E-state index in [1.807, 2.05) is 20.8 Å². The summed E-state index contributed by atoms with van der Waals surface area (Å²) in [5.41, 5.74) is -0.898. The molecule has 0 saturated heterocycles. The molecule has 0 aliphatic heterocycles. The number of aromatic amines is 1. The van der Waals surface area contributed by atoms with E-state index in [0.29, 0.717) is 0 Å². The molecule has 8 nitrogen and oxygen atoms in total. The average Bonchev–Trinajstić information content (AvgIpc) is 2.88. The zero-order chi connectivity index (χ0) is 20.9. The molecule has 1 heterocycles. The quantitative estimate of drug-likeness (QED) is 0.646. The first-order valence-corrected chi connectivity index (χ1v) is 9.61. The maximum atomic E-state index is 13.0. The van der Waals surface area contributed by atoms with Gasteiger partial charge in [0.25, 0.3) is 0 Å². The summed E-state index contributed by atoms with van der Waals surface area (Å²) in [6.45, 7) is 5.88. The number of phenols is 1. The van der Waals surface area contributed by atoms with Crippen molar-refractivity contribution in [2.75, 3.05) is 0 Å². The Bertz CT molecular complexity index is 1260. The van der Waals surface area contributed by atoms with Crippen LogP contribution in [-0.2, 0) is 15.6 Å². The third-order valence-electron chi connectivity index (χ3n) is 4.25. The van der Waals surface area contributed by atoms with Crippen LogP contribution in [0.2, 0.25) is 0 Å². The fraction of sp³-hybridized carbons (Fsp3) is 0.222. The van der Waals surface area contributed by atoms with E-state index in [1.165, 1.54) is 6.07 Å². The first-order chi connectivity index (χ1) is 12.9. The second-order valence-electron chi connectivity index (χ2n) is 7.26. The van der Waals surface area contributed by atoms with Crippen LogP contribution in [0.1, 0.15) is 26.3 Å². The summed E-state index contributed by atoms with van der Waals surface area (Å²) in [5, 5.41) is 12.5. The van der Waals surface area contributed by atoms with Crippen LogP contribution < -0.4 is 11.4 Å². The lowest BCUT2D eigenvalue weighted by Crippen LogP contribution is -2.27. The Hall–Kier alpha value is -3.14. The van der Waals surface area contributed by atoms with Gasteiger partial charge in [-0.3, -0.25) is 0 Å². The molecule has 0 aliphatic rings. The van der Waals surface area contributed by atoms with Crippen molar-refractivity contribution < 1.29 is 17.4 Å². The van der Waals surface area contributed by atoms with E-state index in [2.05, 4.69) is 5.10 Å². The molecule has 3 rings (SSSR count). The van der Waals surface area contributed by atoms with E-state index in [1.54, 1.807) is 12.1 Å². The molecular weight excluding hydrogens is 388 g/mol. The Kier molecular flexibility index (Phi) is 4.54. The minimum atomic E-state index is -4.90. The number of rotatable bonds is 3. The lowest BCUT2D eigenvalue weighted by Gasteiger charge is -2.20. The number of halogens is 1. The van der Waals surface area contributed by atoms with Gasteiger partial charge in [0.2, 0.25) is 0 Å².